The highest BCUT2D eigenvalue weighted by molar-refractivity contribution is 5.50. The molecule has 3 heteroatoms. The summed E-state index contributed by atoms with van der Waals surface area (Å²) in [6.07, 6.45) is 9.26. The molecule has 3 nitrogen and oxygen atoms in total. The quantitative estimate of drug-likeness (QED) is 0.852. The lowest BCUT2D eigenvalue weighted by Gasteiger charge is -2.16. The molecular weight excluding hydrogens is 210 g/mol. The van der Waals surface area contributed by atoms with Gasteiger partial charge >= 0.3 is 0 Å². The zero-order valence-electron chi connectivity index (χ0n) is 10.3. The Labute approximate surface area is 102 Å². The third kappa shape index (κ3) is 2.02. The Hall–Kier alpha value is -1.51. The molecule has 0 spiro atoms. The molecule has 1 saturated carbocycles. The van der Waals surface area contributed by atoms with Crippen LogP contribution >= 0.6 is 0 Å². The fourth-order valence-electron chi connectivity index (χ4n) is 2.59. The molecule has 3 rings (SSSR count). The summed E-state index contributed by atoms with van der Waals surface area (Å²) in [5, 5.41) is 3.58. The molecule has 1 N–H and O–H groups in total. The molecule has 2 aromatic rings. The minimum atomic E-state index is 0.581. The van der Waals surface area contributed by atoms with Gasteiger partial charge in [-0.2, -0.15) is 0 Å². The molecule has 17 heavy (non-hydrogen) atoms. The van der Waals surface area contributed by atoms with Crippen LogP contribution in [-0.4, -0.2) is 15.9 Å². The molecule has 0 amide bonds. The first-order valence-corrected chi connectivity index (χ1v) is 6.49. The summed E-state index contributed by atoms with van der Waals surface area (Å²) in [5.74, 6) is 1.15. The van der Waals surface area contributed by atoms with E-state index in [1.165, 1.54) is 25.7 Å². The third-order valence-corrected chi connectivity index (χ3v) is 3.81. The second kappa shape index (κ2) is 4.06. The first-order chi connectivity index (χ1) is 8.33. The molecule has 0 aliphatic heterocycles. The number of hydrogen-bond acceptors (Lipinski definition) is 2. The van der Waals surface area contributed by atoms with Crippen LogP contribution in [0.3, 0.4) is 0 Å². The third-order valence-electron chi connectivity index (χ3n) is 3.81. The molecule has 0 aromatic carbocycles. The van der Waals surface area contributed by atoms with Gasteiger partial charge in [0.1, 0.15) is 11.5 Å². The summed E-state index contributed by atoms with van der Waals surface area (Å²) in [6.45, 7) is 3.37. The number of pyridine rings is 1. The van der Waals surface area contributed by atoms with Gasteiger partial charge in [-0.25, -0.2) is 4.98 Å². The van der Waals surface area contributed by atoms with E-state index in [-0.39, 0.29) is 0 Å². The summed E-state index contributed by atoms with van der Waals surface area (Å²) in [4.78, 5) is 4.30. The van der Waals surface area contributed by atoms with Crippen LogP contribution in [-0.2, 0) is 0 Å². The smallest absolute Gasteiger partial charge is 0.138 e. The molecular formula is C14H19N3. The van der Waals surface area contributed by atoms with Crippen LogP contribution in [0.1, 0.15) is 32.6 Å². The largest absolute Gasteiger partial charge is 0.371 e. The summed E-state index contributed by atoms with van der Waals surface area (Å²) in [5.41, 5.74) is 1.59. The first kappa shape index (κ1) is 10.6. The number of imidazole rings is 1. The van der Waals surface area contributed by atoms with Crippen LogP contribution in [0.5, 0.6) is 0 Å². The Morgan fingerprint density at radius 3 is 3.06 bits per heavy atom. The Balaban J connectivity index is 1.75. The molecule has 90 valence electrons. The molecule has 1 aliphatic rings. The lowest BCUT2D eigenvalue weighted by molar-refractivity contribution is 0.485. The van der Waals surface area contributed by atoms with Crippen LogP contribution in [0.4, 0.5) is 5.82 Å². The Morgan fingerprint density at radius 1 is 1.41 bits per heavy atom. The van der Waals surface area contributed by atoms with Crippen LogP contribution in [0.2, 0.25) is 0 Å². The van der Waals surface area contributed by atoms with Gasteiger partial charge in [-0.1, -0.05) is 19.4 Å². The Kier molecular flexibility index (Phi) is 2.54. The van der Waals surface area contributed by atoms with Crippen molar-refractivity contribution in [2.75, 3.05) is 11.9 Å². The van der Waals surface area contributed by atoms with Gasteiger partial charge < -0.3 is 5.32 Å². The van der Waals surface area contributed by atoms with Gasteiger partial charge in [0.15, 0.2) is 0 Å². The SMILES string of the molecule is CCCC1(CNc2cccc3nccn23)CC1. The fourth-order valence-corrected chi connectivity index (χ4v) is 2.59. The number of nitrogens with zero attached hydrogens (tertiary/aromatic N) is 2. The summed E-state index contributed by atoms with van der Waals surface area (Å²) in [7, 11) is 0. The number of hydrogen-bond donors (Lipinski definition) is 1. The summed E-state index contributed by atoms with van der Waals surface area (Å²) in [6, 6.07) is 6.21. The lowest BCUT2D eigenvalue weighted by Crippen LogP contribution is -2.16. The van der Waals surface area contributed by atoms with Gasteiger partial charge in [0.2, 0.25) is 0 Å². The summed E-state index contributed by atoms with van der Waals surface area (Å²) >= 11 is 0. The normalized spacial score (nSPS) is 17.2. The Bertz CT molecular complexity index is 511. The summed E-state index contributed by atoms with van der Waals surface area (Å²) < 4.78 is 2.11. The molecule has 1 fully saturated rings. The van der Waals surface area contributed by atoms with Crippen molar-refractivity contribution in [3.63, 3.8) is 0 Å². The van der Waals surface area contributed by atoms with Crippen molar-refractivity contribution >= 4 is 11.5 Å². The van der Waals surface area contributed by atoms with Crippen molar-refractivity contribution in [2.24, 2.45) is 5.41 Å². The molecule has 0 unspecified atom stereocenters. The average Bonchev–Trinajstić information content (AvgIpc) is 2.92. The highest BCUT2D eigenvalue weighted by Gasteiger charge is 2.41. The van der Waals surface area contributed by atoms with E-state index in [0.717, 1.165) is 18.0 Å². The maximum atomic E-state index is 4.30. The topological polar surface area (TPSA) is 29.3 Å². The minimum Gasteiger partial charge on any atom is -0.371 e. The van der Waals surface area contributed by atoms with Gasteiger partial charge in [-0.05, 0) is 36.8 Å². The van der Waals surface area contributed by atoms with Gasteiger partial charge in [0, 0.05) is 18.9 Å². The van der Waals surface area contributed by atoms with Crippen molar-refractivity contribution in [1.82, 2.24) is 9.38 Å². The number of fused-ring (bicyclic) bond motifs is 1. The number of aromatic nitrogens is 2. The molecule has 0 bridgehead atoms. The van der Waals surface area contributed by atoms with E-state index in [9.17, 15) is 0 Å². The fraction of sp³-hybridized carbons (Fsp3) is 0.500. The molecule has 1 aliphatic carbocycles. The molecule has 2 aromatic heterocycles. The van der Waals surface area contributed by atoms with Crippen molar-refractivity contribution in [1.29, 1.82) is 0 Å². The highest BCUT2D eigenvalue weighted by Crippen LogP contribution is 2.49. The van der Waals surface area contributed by atoms with E-state index in [1.807, 2.05) is 18.5 Å². The predicted molar refractivity (Wildman–Crippen MR) is 70.3 cm³/mol. The second-order valence-corrected chi connectivity index (χ2v) is 5.17. The molecule has 0 radical (unpaired) electrons. The van der Waals surface area contributed by atoms with E-state index in [0.29, 0.717) is 5.41 Å². The van der Waals surface area contributed by atoms with Crippen LogP contribution in [0.15, 0.2) is 30.6 Å². The maximum Gasteiger partial charge on any atom is 0.138 e. The average molecular weight is 229 g/mol. The van der Waals surface area contributed by atoms with Crippen molar-refractivity contribution < 1.29 is 0 Å². The minimum absolute atomic E-state index is 0.581. The van der Waals surface area contributed by atoms with E-state index < -0.39 is 0 Å². The number of nitrogens with one attached hydrogen (secondary N) is 1. The zero-order valence-corrected chi connectivity index (χ0v) is 10.3. The number of rotatable bonds is 5. The number of anilines is 1. The maximum absolute atomic E-state index is 4.30. The van der Waals surface area contributed by atoms with E-state index in [2.05, 4.69) is 33.8 Å². The van der Waals surface area contributed by atoms with Crippen LogP contribution in [0, 0.1) is 5.41 Å². The first-order valence-electron chi connectivity index (χ1n) is 6.49. The van der Waals surface area contributed by atoms with Crippen molar-refractivity contribution in [3.8, 4) is 0 Å². The molecule has 0 saturated heterocycles. The molecule has 0 atom stereocenters. The Morgan fingerprint density at radius 2 is 2.29 bits per heavy atom. The van der Waals surface area contributed by atoms with E-state index in [1.54, 1.807) is 0 Å². The zero-order chi connectivity index (χ0) is 11.7. The van der Waals surface area contributed by atoms with Crippen molar-refractivity contribution in [2.45, 2.75) is 32.6 Å². The monoisotopic (exact) mass is 229 g/mol. The van der Waals surface area contributed by atoms with Crippen LogP contribution < -0.4 is 5.32 Å². The van der Waals surface area contributed by atoms with Gasteiger partial charge in [-0.3, -0.25) is 4.40 Å². The van der Waals surface area contributed by atoms with Gasteiger partial charge in [-0.15, -0.1) is 0 Å². The van der Waals surface area contributed by atoms with Crippen molar-refractivity contribution in [3.05, 3.63) is 30.6 Å². The molecule has 2 heterocycles. The van der Waals surface area contributed by atoms with Crippen LogP contribution in [0.25, 0.3) is 5.65 Å². The second-order valence-electron chi connectivity index (χ2n) is 5.17. The standard InChI is InChI=1S/C14H19N3/c1-2-6-14(7-8-14)11-16-13-5-3-4-12-15-9-10-17(12)13/h3-5,9-10,16H,2,6-8,11H2,1H3. The lowest BCUT2D eigenvalue weighted by atomic mass is 10.0. The highest BCUT2D eigenvalue weighted by atomic mass is 15.1. The van der Waals surface area contributed by atoms with E-state index in [4.69, 9.17) is 0 Å². The van der Waals surface area contributed by atoms with Gasteiger partial charge in [0.05, 0.1) is 0 Å². The van der Waals surface area contributed by atoms with E-state index >= 15 is 0 Å². The van der Waals surface area contributed by atoms with Gasteiger partial charge in [0.25, 0.3) is 0 Å². The predicted octanol–water partition coefficient (Wildman–Crippen LogP) is 3.33.